The van der Waals surface area contributed by atoms with Crippen LogP contribution in [0, 0.1) is 0 Å². The first-order valence-corrected chi connectivity index (χ1v) is 31.5. The van der Waals surface area contributed by atoms with Crippen LogP contribution in [-0.2, 0) is 33.2 Å². The Morgan fingerprint density at radius 1 is 0.439 bits per heavy atom. The maximum Gasteiger partial charge on any atom is 0.220 e. The summed E-state index contributed by atoms with van der Waals surface area (Å²) in [6, 6.07) is -1.01. The van der Waals surface area contributed by atoms with E-state index in [1.807, 2.05) is 6.08 Å². The molecule has 3 rings (SSSR count). The van der Waals surface area contributed by atoms with Crippen LogP contribution < -0.4 is 5.32 Å². The molecule has 3 heterocycles. The summed E-state index contributed by atoms with van der Waals surface area (Å²) in [5, 5.41) is 120. The maximum absolute atomic E-state index is 13.3. The van der Waals surface area contributed by atoms with Crippen LogP contribution in [0.2, 0.25) is 0 Å². The minimum absolute atomic E-state index is 0.214. The average Bonchev–Trinajstić information content (AvgIpc) is 3.40. The normalized spacial score (nSPS) is 30.0. The van der Waals surface area contributed by atoms with Crippen LogP contribution in [0.5, 0.6) is 0 Å². The second kappa shape index (κ2) is 45.8. The van der Waals surface area contributed by atoms with Crippen molar-refractivity contribution in [3.63, 3.8) is 0 Å². The van der Waals surface area contributed by atoms with Crippen LogP contribution in [0.3, 0.4) is 0 Å². The molecule has 12 N–H and O–H groups in total. The van der Waals surface area contributed by atoms with Gasteiger partial charge in [-0.3, -0.25) is 4.79 Å². The summed E-state index contributed by atoms with van der Waals surface area (Å²) in [5.74, 6) is -0.306. The maximum atomic E-state index is 13.3. The molecule has 82 heavy (non-hydrogen) atoms. The lowest BCUT2D eigenvalue weighted by Crippen LogP contribution is -2.66. The van der Waals surface area contributed by atoms with E-state index in [0.717, 1.165) is 70.6 Å². The van der Waals surface area contributed by atoms with Crippen LogP contribution in [0.1, 0.15) is 200 Å². The number of rotatable bonds is 46. The van der Waals surface area contributed by atoms with Gasteiger partial charge in [-0.2, -0.15) is 0 Å². The van der Waals surface area contributed by atoms with Gasteiger partial charge in [-0.1, -0.05) is 177 Å². The first-order chi connectivity index (χ1) is 39.8. The topological polar surface area (TPSA) is 307 Å². The summed E-state index contributed by atoms with van der Waals surface area (Å²) in [4.78, 5) is 13.3. The predicted octanol–water partition coefficient (Wildman–Crippen LogP) is 6.43. The van der Waals surface area contributed by atoms with E-state index >= 15 is 0 Å². The van der Waals surface area contributed by atoms with E-state index < -0.39 is 124 Å². The summed E-state index contributed by atoms with van der Waals surface area (Å²) in [5.41, 5.74) is 0. The molecule has 0 radical (unpaired) electrons. The first-order valence-electron chi connectivity index (χ1n) is 31.5. The van der Waals surface area contributed by atoms with Gasteiger partial charge in [-0.15, -0.1) is 0 Å². The number of hydrogen-bond donors (Lipinski definition) is 12. The number of unbranched alkanes of at least 4 members (excludes halogenated alkanes) is 22. The molecule has 0 saturated carbocycles. The molecule has 0 bridgehead atoms. The molecule has 17 unspecified atom stereocenters. The van der Waals surface area contributed by atoms with Gasteiger partial charge < -0.3 is 89.9 Å². The number of aliphatic hydroxyl groups is 11. The first kappa shape index (κ1) is 73.7. The van der Waals surface area contributed by atoms with Gasteiger partial charge in [-0.25, -0.2) is 0 Å². The van der Waals surface area contributed by atoms with Crippen molar-refractivity contribution < 1.29 is 89.4 Å². The van der Waals surface area contributed by atoms with Gasteiger partial charge in [-0.05, 0) is 77.0 Å². The Hall–Kier alpha value is -2.51. The van der Waals surface area contributed by atoms with Gasteiger partial charge >= 0.3 is 0 Å². The molecule has 476 valence electrons. The number of carbonyl (C=O) groups excluding carboxylic acids is 1. The lowest BCUT2D eigenvalue weighted by Gasteiger charge is -2.48. The molecule has 0 aromatic carbocycles. The van der Waals surface area contributed by atoms with Gasteiger partial charge in [0, 0.05) is 6.42 Å². The van der Waals surface area contributed by atoms with Crippen LogP contribution >= 0.6 is 0 Å². The number of ether oxygens (including phenoxy) is 6. The van der Waals surface area contributed by atoms with Gasteiger partial charge in [0.2, 0.25) is 5.91 Å². The fourth-order valence-corrected chi connectivity index (χ4v) is 10.3. The molecule has 1 amide bonds. The highest BCUT2D eigenvalue weighted by molar-refractivity contribution is 5.76. The van der Waals surface area contributed by atoms with E-state index in [4.69, 9.17) is 28.4 Å². The number of amides is 1. The second-order valence-electron chi connectivity index (χ2n) is 22.5. The van der Waals surface area contributed by atoms with Crippen molar-refractivity contribution in [2.45, 2.75) is 304 Å². The Morgan fingerprint density at radius 3 is 1.32 bits per heavy atom. The summed E-state index contributed by atoms with van der Waals surface area (Å²) in [6.45, 7) is 1.65. The van der Waals surface area contributed by atoms with Crippen molar-refractivity contribution in [1.29, 1.82) is 0 Å². The number of carbonyl (C=O) groups is 1. The Labute approximate surface area is 490 Å². The zero-order chi connectivity index (χ0) is 59.7. The summed E-state index contributed by atoms with van der Waals surface area (Å²) in [7, 11) is 0. The second-order valence-corrected chi connectivity index (χ2v) is 22.5. The van der Waals surface area contributed by atoms with Gasteiger partial charge in [0.15, 0.2) is 18.9 Å². The van der Waals surface area contributed by atoms with Gasteiger partial charge in [0.05, 0.1) is 38.6 Å². The molecule has 3 fully saturated rings. The fourth-order valence-electron chi connectivity index (χ4n) is 10.3. The summed E-state index contributed by atoms with van der Waals surface area (Å²) < 4.78 is 34.2. The van der Waals surface area contributed by atoms with Crippen molar-refractivity contribution in [2.24, 2.45) is 0 Å². The minimum Gasteiger partial charge on any atom is -0.394 e. The van der Waals surface area contributed by atoms with Crippen LogP contribution in [0.15, 0.2) is 60.8 Å². The Balaban J connectivity index is 1.51. The lowest BCUT2D eigenvalue weighted by molar-refractivity contribution is -0.379. The minimum atomic E-state index is -1.99. The Kier molecular flexibility index (Phi) is 41.2. The van der Waals surface area contributed by atoms with E-state index in [1.54, 1.807) is 6.08 Å². The molecule has 17 atom stereocenters. The zero-order valence-corrected chi connectivity index (χ0v) is 49.7. The Bertz CT molecular complexity index is 1730. The average molecular weight is 1170 g/mol. The Morgan fingerprint density at radius 2 is 0.817 bits per heavy atom. The van der Waals surface area contributed by atoms with Crippen LogP contribution in [0.4, 0.5) is 0 Å². The number of allylic oxidation sites excluding steroid dienone is 9. The van der Waals surface area contributed by atoms with E-state index in [0.29, 0.717) is 12.8 Å². The van der Waals surface area contributed by atoms with Crippen LogP contribution in [-0.4, -0.2) is 193 Å². The summed E-state index contributed by atoms with van der Waals surface area (Å²) >= 11 is 0. The molecule has 3 aliphatic rings. The highest BCUT2D eigenvalue weighted by atomic mass is 16.8. The van der Waals surface area contributed by atoms with Crippen molar-refractivity contribution in [3.05, 3.63) is 60.8 Å². The van der Waals surface area contributed by atoms with Crippen LogP contribution in [0.25, 0.3) is 0 Å². The van der Waals surface area contributed by atoms with Crippen molar-refractivity contribution in [1.82, 2.24) is 5.32 Å². The highest BCUT2D eigenvalue weighted by Gasteiger charge is 2.53. The third kappa shape index (κ3) is 28.8. The fraction of sp³-hybridized carbons (Fsp3) is 0.825. The van der Waals surface area contributed by atoms with E-state index in [2.05, 4.69) is 67.8 Å². The number of hydrogen-bond acceptors (Lipinski definition) is 18. The molecule has 19 heteroatoms. The summed E-state index contributed by atoms with van der Waals surface area (Å²) in [6.07, 6.45) is 26.3. The van der Waals surface area contributed by atoms with Crippen molar-refractivity contribution in [2.75, 3.05) is 26.4 Å². The van der Waals surface area contributed by atoms with Gasteiger partial charge in [0.25, 0.3) is 0 Å². The molecule has 0 aromatic rings. The largest absolute Gasteiger partial charge is 0.394 e. The number of aliphatic hydroxyl groups excluding tert-OH is 11. The third-order valence-electron chi connectivity index (χ3n) is 15.5. The SMILES string of the molecule is CCCCC/C=C\C/C=C\CCCCCCCC(=O)NC(COC1OC(CO)C(OC2OC(CO)C(OC3OC(CO)C(O)C(O)C3O)C(O)C2O)C(O)C1O)C(O)/C=C/CC/C=C/CC/C=C/CCCCCCCCCCCCCC. The molecule has 0 aliphatic carbocycles. The molecule has 0 spiro atoms. The molecule has 0 aromatic heterocycles. The highest BCUT2D eigenvalue weighted by Crippen LogP contribution is 2.33. The predicted molar refractivity (Wildman–Crippen MR) is 314 cm³/mol. The molecule has 19 nitrogen and oxygen atoms in total. The molecular formula is C63H111NO18. The number of nitrogens with one attached hydrogen (secondary N) is 1. The monoisotopic (exact) mass is 1170 g/mol. The lowest BCUT2D eigenvalue weighted by atomic mass is 9.96. The third-order valence-corrected chi connectivity index (χ3v) is 15.5. The molecular weight excluding hydrogens is 1060 g/mol. The van der Waals surface area contributed by atoms with E-state index in [1.165, 1.54) is 96.3 Å². The standard InChI is InChI=1S/C63H111NO18/c1-3-5-7-9-11-13-15-17-19-20-21-22-23-24-25-27-28-30-32-34-36-38-40-47(68)46(64-51(69)41-39-37-35-33-31-29-26-18-16-14-12-10-8-6-4-2)45-77-61-57(75)54(72)59(49(43-66)79-61)82-63-58(76)55(73)60(50(44-67)80-63)81-62-56(74)53(71)52(70)48(42-65)78-62/h12,14,18,24-26,30,32,38,40,46-50,52-63,65-68,70-76H,3-11,13,15-17,19-23,27-29,31,33-37,39,41-45H2,1-2H3,(H,64,69)/b14-12-,25-24+,26-18-,32-30+,40-38+. The molecule has 3 aliphatic heterocycles. The quantitative estimate of drug-likeness (QED) is 0.0231. The van der Waals surface area contributed by atoms with E-state index in [9.17, 15) is 61.0 Å². The van der Waals surface area contributed by atoms with Crippen molar-refractivity contribution in [3.8, 4) is 0 Å². The van der Waals surface area contributed by atoms with Crippen molar-refractivity contribution >= 4 is 5.91 Å². The van der Waals surface area contributed by atoms with E-state index in [-0.39, 0.29) is 18.9 Å². The smallest absolute Gasteiger partial charge is 0.220 e. The zero-order valence-electron chi connectivity index (χ0n) is 49.7. The van der Waals surface area contributed by atoms with Gasteiger partial charge in [0.1, 0.15) is 73.2 Å². The molecule has 3 saturated heterocycles.